The lowest BCUT2D eigenvalue weighted by atomic mass is 10.0. The van der Waals surface area contributed by atoms with Crippen LogP contribution in [0.4, 0.5) is 35.9 Å². The fourth-order valence-corrected chi connectivity index (χ4v) is 2.09. The largest absolute Gasteiger partial charge is 0.440 e. The maximum atomic E-state index is 11.7. The summed E-state index contributed by atoms with van der Waals surface area (Å²) in [5.74, 6) is 0.434. The fraction of sp³-hybridized carbons (Fsp3) is 0.833. The lowest BCUT2D eigenvalue weighted by Crippen LogP contribution is -2.42. The molecule has 8 nitrogen and oxygen atoms in total. The number of alkyl halides is 6. The van der Waals surface area contributed by atoms with Crippen LogP contribution in [0.5, 0.6) is 0 Å². The third kappa shape index (κ3) is 26.0. The molecule has 0 unspecified atom stereocenters. The molecule has 196 valence electrons. The number of ether oxygens (including phenoxy) is 2. The molecule has 0 radical (unpaired) electrons. The Kier molecular flexibility index (Phi) is 18.6. The van der Waals surface area contributed by atoms with Gasteiger partial charge in [0.05, 0.1) is 6.07 Å². The van der Waals surface area contributed by atoms with E-state index in [9.17, 15) is 35.9 Å². The number of alkyl carbamates (subject to hydrolysis) is 2. The van der Waals surface area contributed by atoms with Crippen LogP contribution in [0.25, 0.3) is 0 Å². The third-order valence-corrected chi connectivity index (χ3v) is 3.25. The Bertz CT molecular complexity index is 598. The number of nitrogens with two attached hydrogens (primary N) is 1. The minimum absolute atomic E-state index is 0. The molecule has 0 fully saturated rings. The highest BCUT2D eigenvalue weighted by Gasteiger charge is 2.30. The molecule has 0 aromatic rings. The third-order valence-electron chi connectivity index (χ3n) is 3.25. The van der Waals surface area contributed by atoms with Gasteiger partial charge < -0.3 is 25.8 Å². The summed E-state index contributed by atoms with van der Waals surface area (Å²) in [4.78, 5) is 21.8. The molecule has 0 aliphatic carbocycles. The number of nitriles is 1. The van der Waals surface area contributed by atoms with Gasteiger partial charge in [-0.2, -0.15) is 31.6 Å². The molecule has 0 saturated carbocycles. The van der Waals surface area contributed by atoms with E-state index in [1.165, 1.54) is 0 Å². The topological polar surface area (TPSA) is 126 Å². The number of nitrogens with zero attached hydrogens (tertiary/aromatic N) is 1. The van der Waals surface area contributed by atoms with Crippen molar-refractivity contribution in [2.75, 3.05) is 19.8 Å². The van der Waals surface area contributed by atoms with Gasteiger partial charge in [-0.3, -0.25) is 0 Å². The predicted octanol–water partition coefficient (Wildman–Crippen LogP) is 4.28. The first-order valence-electron chi connectivity index (χ1n) is 9.58. The Morgan fingerprint density at radius 1 is 0.879 bits per heavy atom. The zero-order chi connectivity index (χ0) is 25.5. The van der Waals surface area contributed by atoms with Crippen LogP contribution in [0, 0.1) is 23.2 Å². The van der Waals surface area contributed by atoms with E-state index in [1.807, 2.05) is 33.0 Å². The number of hydrogen-bond donors (Lipinski definition) is 3. The first kappa shape index (κ1) is 35.4. The Morgan fingerprint density at radius 3 is 1.58 bits per heavy atom. The molecule has 2 amide bonds. The van der Waals surface area contributed by atoms with E-state index in [1.54, 1.807) is 6.07 Å². The highest BCUT2D eigenvalue weighted by atomic mass is 35.5. The van der Waals surface area contributed by atoms with Gasteiger partial charge in [-0.05, 0) is 24.7 Å². The van der Waals surface area contributed by atoms with Gasteiger partial charge >= 0.3 is 24.5 Å². The first-order chi connectivity index (χ1) is 14.5. The summed E-state index contributed by atoms with van der Waals surface area (Å²) in [5, 5.41) is 12.9. The van der Waals surface area contributed by atoms with Gasteiger partial charge in [0, 0.05) is 12.6 Å². The van der Waals surface area contributed by atoms with Crippen molar-refractivity contribution >= 4 is 24.6 Å². The van der Waals surface area contributed by atoms with Crippen molar-refractivity contribution < 1.29 is 45.4 Å². The van der Waals surface area contributed by atoms with Crippen LogP contribution in [0.1, 0.15) is 40.5 Å². The smallest absolute Gasteiger partial charge is 0.422 e. The summed E-state index contributed by atoms with van der Waals surface area (Å²) in [6.07, 6.45) is -10.4. The van der Waals surface area contributed by atoms with Crippen LogP contribution in [0.3, 0.4) is 0 Å². The van der Waals surface area contributed by atoms with Crippen molar-refractivity contribution in [3.05, 3.63) is 0 Å². The molecule has 4 N–H and O–H groups in total. The molecule has 0 aromatic carbocycles. The second kappa shape index (κ2) is 17.4. The van der Waals surface area contributed by atoms with E-state index < -0.39 is 43.8 Å². The molecule has 15 heteroatoms. The molecule has 0 aliphatic rings. The van der Waals surface area contributed by atoms with Gasteiger partial charge in [-0.1, -0.05) is 27.7 Å². The normalized spacial score (nSPS) is 13.0. The number of carbonyl (C=O) groups excluding carboxylic acids is 2. The molecule has 0 aromatic heterocycles. The van der Waals surface area contributed by atoms with Crippen molar-refractivity contribution in [3.63, 3.8) is 0 Å². The van der Waals surface area contributed by atoms with Crippen LogP contribution in [-0.4, -0.2) is 56.4 Å². The zero-order valence-electron chi connectivity index (χ0n) is 18.7. The molecule has 33 heavy (non-hydrogen) atoms. The van der Waals surface area contributed by atoms with E-state index in [4.69, 9.17) is 11.0 Å². The maximum Gasteiger partial charge on any atom is 0.422 e. The number of carbonyl (C=O) groups is 2. The lowest BCUT2D eigenvalue weighted by Gasteiger charge is -2.18. The molecular formula is C18H31ClF6N4O4. The van der Waals surface area contributed by atoms with Gasteiger partial charge in [-0.15, -0.1) is 12.4 Å². The molecule has 0 saturated heterocycles. The Labute approximate surface area is 194 Å². The first-order valence-corrected chi connectivity index (χ1v) is 9.58. The van der Waals surface area contributed by atoms with Crippen molar-refractivity contribution in [3.8, 4) is 6.07 Å². The van der Waals surface area contributed by atoms with Crippen molar-refractivity contribution in [2.24, 2.45) is 17.6 Å². The quantitative estimate of drug-likeness (QED) is 0.393. The second-order valence-electron chi connectivity index (χ2n) is 7.54. The maximum absolute atomic E-state index is 11.7. The Balaban J connectivity index is -0.000000529. The number of amides is 2. The predicted molar refractivity (Wildman–Crippen MR) is 109 cm³/mol. The lowest BCUT2D eigenvalue weighted by molar-refractivity contribution is -0.160. The second-order valence-corrected chi connectivity index (χ2v) is 7.54. The van der Waals surface area contributed by atoms with Crippen LogP contribution < -0.4 is 16.4 Å². The minimum atomic E-state index is -4.56. The number of nitrogens with one attached hydrogen (secondary N) is 2. The van der Waals surface area contributed by atoms with Gasteiger partial charge in [0.1, 0.15) is 6.04 Å². The van der Waals surface area contributed by atoms with Crippen LogP contribution >= 0.6 is 12.4 Å². The monoisotopic (exact) mass is 516 g/mol. The molecule has 0 heterocycles. The summed E-state index contributed by atoms with van der Waals surface area (Å²) in [6, 6.07) is 0.575. The average molecular weight is 517 g/mol. The molecule has 0 aliphatic heterocycles. The van der Waals surface area contributed by atoms with Crippen LogP contribution in [0.15, 0.2) is 0 Å². The Hall–Kier alpha value is -2.14. The molecule has 0 spiro atoms. The standard InChI is InChI=1S/C9H17F3N2O2.C9H13F3N2O2.ClH/c2*1-6(2)3-7(4-13)14-8(15)16-5-9(10,11)12;/h6-7H,3-5,13H2,1-2H3,(H,14,15);6-7H,3,5H2,1-2H3,(H,14,15);1H/t2*7-;/m00./s1. The van der Waals surface area contributed by atoms with Crippen LogP contribution in [0.2, 0.25) is 0 Å². The van der Waals surface area contributed by atoms with Crippen molar-refractivity contribution in [1.29, 1.82) is 5.26 Å². The molecule has 0 bridgehead atoms. The summed E-state index contributed by atoms with van der Waals surface area (Å²) >= 11 is 0. The fourth-order valence-electron chi connectivity index (χ4n) is 2.09. The van der Waals surface area contributed by atoms with Gasteiger partial charge in [0.25, 0.3) is 0 Å². The molecule has 2 atom stereocenters. The van der Waals surface area contributed by atoms with E-state index in [0.29, 0.717) is 12.8 Å². The summed E-state index contributed by atoms with van der Waals surface area (Å²) in [5.41, 5.74) is 5.36. The van der Waals surface area contributed by atoms with Gasteiger partial charge in [0.2, 0.25) is 0 Å². The summed E-state index contributed by atoms with van der Waals surface area (Å²) in [7, 11) is 0. The van der Waals surface area contributed by atoms with E-state index >= 15 is 0 Å². The summed E-state index contributed by atoms with van der Waals surface area (Å²) in [6.45, 7) is 4.42. The number of rotatable bonds is 9. The molecule has 0 rings (SSSR count). The summed E-state index contributed by atoms with van der Waals surface area (Å²) < 4.78 is 78.1. The minimum Gasteiger partial charge on any atom is -0.440 e. The number of halogens is 7. The van der Waals surface area contributed by atoms with E-state index in [2.05, 4.69) is 14.8 Å². The van der Waals surface area contributed by atoms with Crippen molar-refractivity contribution in [2.45, 2.75) is 65.0 Å². The number of hydrogen-bond acceptors (Lipinski definition) is 6. The van der Waals surface area contributed by atoms with Gasteiger partial charge in [0.15, 0.2) is 13.2 Å². The zero-order valence-corrected chi connectivity index (χ0v) is 19.5. The highest BCUT2D eigenvalue weighted by Crippen LogP contribution is 2.15. The van der Waals surface area contributed by atoms with Crippen LogP contribution in [-0.2, 0) is 9.47 Å². The van der Waals surface area contributed by atoms with E-state index in [0.717, 1.165) is 0 Å². The Morgan fingerprint density at radius 2 is 1.27 bits per heavy atom. The average Bonchev–Trinajstić information content (AvgIpc) is 2.62. The molecular weight excluding hydrogens is 486 g/mol. The van der Waals surface area contributed by atoms with Gasteiger partial charge in [-0.25, -0.2) is 9.59 Å². The van der Waals surface area contributed by atoms with Crippen molar-refractivity contribution in [1.82, 2.24) is 10.6 Å². The highest BCUT2D eigenvalue weighted by molar-refractivity contribution is 5.85. The SMILES string of the molecule is CC(C)C[C@@H](C#N)NC(=O)OCC(F)(F)F.CC(C)C[C@@H](CN)NC(=O)OCC(F)(F)F.Cl. The van der Waals surface area contributed by atoms with E-state index in [-0.39, 0.29) is 36.8 Å².